The molecule has 1 saturated carbocycles. The van der Waals surface area contributed by atoms with Crippen LogP contribution in [0.3, 0.4) is 0 Å². The van der Waals surface area contributed by atoms with Crippen molar-refractivity contribution in [2.75, 3.05) is 0 Å². The average Bonchev–Trinajstić information content (AvgIpc) is 3.11. The van der Waals surface area contributed by atoms with Gasteiger partial charge in [-0.3, -0.25) is 0 Å². The maximum absolute atomic E-state index is 14.8. The molecule has 0 aliphatic heterocycles. The lowest BCUT2D eigenvalue weighted by Crippen LogP contribution is -2.38. The van der Waals surface area contributed by atoms with Gasteiger partial charge in [-0.15, -0.1) is 0 Å². The van der Waals surface area contributed by atoms with Crippen LogP contribution in [0.2, 0.25) is 23.2 Å². The Hall–Kier alpha value is -0.593. The standard InChI is InChI=1S/C22H33ClF4OSi/c1-4-29(5-2,6-3)28-19(13-10-16-21(24)14-7-8-15-21)20-17(22(25,26)27)11-9-12-18(20)23/h9,11-12,19H,4-8,10,13-16H2,1-3H3. The minimum atomic E-state index is -4.51. The molecule has 2 rings (SSSR count). The van der Waals surface area contributed by atoms with Crippen LogP contribution in [0.1, 0.15) is 82.9 Å². The maximum atomic E-state index is 14.8. The molecule has 0 spiro atoms. The molecule has 0 aromatic heterocycles. The first-order chi connectivity index (χ1) is 13.6. The first-order valence-electron chi connectivity index (χ1n) is 10.8. The quantitative estimate of drug-likeness (QED) is 0.254. The van der Waals surface area contributed by atoms with Crippen LogP contribution in [0.25, 0.3) is 0 Å². The van der Waals surface area contributed by atoms with E-state index in [0.29, 0.717) is 32.1 Å². The number of alkyl halides is 4. The van der Waals surface area contributed by atoms with Gasteiger partial charge in [-0.1, -0.05) is 51.3 Å². The largest absolute Gasteiger partial charge is 0.416 e. The van der Waals surface area contributed by atoms with Crippen LogP contribution in [-0.2, 0) is 10.6 Å². The highest BCUT2D eigenvalue weighted by Gasteiger charge is 2.40. The summed E-state index contributed by atoms with van der Waals surface area (Å²) in [6.45, 7) is 6.13. The van der Waals surface area contributed by atoms with E-state index in [1.54, 1.807) is 0 Å². The molecule has 1 nitrogen and oxygen atoms in total. The van der Waals surface area contributed by atoms with Crippen molar-refractivity contribution in [2.45, 2.75) is 102 Å². The second kappa shape index (κ2) is 10.1. The Bertz CT molecular complexity index is 646. The van der Waals surface area contributed by atoms with Gasteiger partial charge in [0, 0.05) is 10.6 Å². The van der Waals surface area contributed by atoms with Crippen LogP contribution in [0.15, 0.2) is 18.2 Å². The zero-order valence-corrected chi connectivity index (χ0v) is 19.4. The van der Waals surface area contributed by atoms with Gasteiger partial charge in [0.05, 0.1) is 11.7 Å². The Kier molecular flexibility index (Phi) is 8.63. The van der Waals surface area contributed by atoms with E-state index in [-0.39, 0.29) is 10.6 Å². The van der Waals surface area contributed by atoms with Crippen molar-refractivity contribution >= 4 is 19.9 Å². The molecule has 7 heteroatoms. The van der Waals surface area contributed by atoms with Crippen molar-refractivity contribution in [1.82, 2.24) is 0 Å². The van der Waals surface area contributed by atoms with Crippen molar-refractivity contribution in [1.29, 1.82) is 0 Å². The van der Waals surface area contributed by atoms with Gasteiger partial charge in [-0.05, 0) is 62.4 Å². The van der Waals surface area contributed by atoms with Crippen molar-refractivity contribution in [2.24, 2.45) is 0 Å². The predicted octanol–water partition coefficient (Wildman–Crippen LogP) is 8.87. The number of hydrogen-bond acceptors (Lipinski definition) is 1. The topological polar surface area (TPSA) is 9.23 Å². The normalized spacial score (nSPS) is 18.2. The highest BCUT2D eigenvalue weighted by atomic mass is 35.5. The summed E-state index contributed by atoms with van der Waals surface area (Å²) in [4.78, 5) is 0. The summed E-state index contributed by atoms with van der Waals surface area (Å²) in [5, 5.41) is 0.0758. The third kappa shape index (κ3) is 6.20. The molecule has 1 aromatic rings. The van der Waals surface area contributed by atoms with E-state index in [0.717, 1.165) is 37.0 Å². The predicted molar refractivity (Wildman–Crippen MR) is 114 cm³/mol. The second-order valence-electron chi connectivity index (χ2n) is 8.30. The smallest absolute Gasteiger partial charge is 0.410 e. The maximum Gasteiger partial charge on any atom is 0.416 e. The lowest BCUT2D eigenvalue weighted by atomic mass is 9.93. The fraction of sp³-hybridized carbons (Fsp3) is 0.727. The minimum absolute atomic E-state index is 0.0215. The first kappa shape index (κ1) is 24.7. The van der Waals surface area contributed by atoms with Crippen molar-refractivity contribution in [3.8, 4) is 0 Å². The number of benzene rings is 1. The van der Waals surface area contributed by atoms with E-state index in [1.165, 1.54) is 12.1 Å². The van der Waals surface area contributed by atoms with Crippen molar-refractivity contribution < 1.29 is 22.0 Å². The summed E-state index contributed by atoms with van der Waals surface area (Å²) in [6, 6.07) is 6.37. The molecule has 0 radical (unpaired) electrons. The molecule has 1 aliphatic carbocycles. The Morgan fingerprint density at radius 1 is 1.10 bits per heavy atom. The van der Waals surface area contributed by atoms with Gasteiger partial charge in [-0.25, -0.2) is 4.39 Å². The summed E-state index contributed by atoms with van der Waals surface area (Å²) in [6.07, 6.45) is -1.17. The van der Waals surface area contributed by atoms with Crippen LogP contribution in [0, 0.1) is 0 Å². The van der Waals surface area contributed by atoms with Gasteiger partial charge in [-0.2, -0.15) is 13.2 Å². The molecule has 1 aromatic carbocycles. The first-order valence-corrected chi connectivity index (χ1v) is 13.7. The van der Waals surface area contributed by atoms with E-state index in [9.17, 15) is 17.6 Å². The van der Waals surface area contributed by atoms with E-state index in [2.05, 4.69) is 0 Å². The van der Waals surface area contributed by atoms with Crippen LogP contribution >= 0.6 is 11.6 Å². The molecule has 0 amide bonds. The molecule has 29 heavy (non-hydrogen) atoms. The Balaban J connectivity index is 2.34. The number of halogens is 5. The Morgan fingerprint density at radius 2 is 1.69 bits per heavy atom. The highest BCUT2D eigenvalue weighted by Crippen LogP contribution is 2.44. The zero-order chi connectivity index (χ0) is 21.7. The second-order valence-corrected chi connectivity index (χ2v) is 13.4. The Morgan fingerprint density at radius 3 is 2.21 bits per heavy atom. The Labute approximate surface area is 178 Å². The lowest BCUT2D eigenvalue weighted by Gasteiger charge is -2.35. The van der Waals surface area contributed by atoms with Gasteiger partial charge in [0.1, 0.15) is 5.67 Å². The van der Waals surface area contributed by atoms with E-state index >= 15 is 0 Å². The summed E-state index contributed by atoms with van der Waals surface area (Å²) >= 11 is 6.28. The summed E-state index contributed by atoms with van der Waals surface area (Å²) in [5.74, 6) is 0. The minimum Gasteiger partial charge on any atom is -0.410 e. The molecule has 0 heterocycles. The molecular weight excluding hydrogens is 420 g/mol. The molecule has 0 bridgehead atoms. The molecular formula is C22H33ClF4OSi. The molecule has 166 valence electrons. The number of hydrogen-bond donors (Lipinski definition) is 0. The van der Waals surface area contributed by atoms with Gasteiger partial charge in [0.25, 0.3) is 0 Å². The van der Waals surface area contributed by atoms with Gasteiger partial charge < -0.3 is 4.43 Å². The van der Waals surface area contributed by atoms with Crippen LogP contribution in [-0.4, -0.2) is 14.0 Å². The summed E-state index contributed by atoms with van der Waals surface area (Å²) < 4.78 is 62.5. The van der Waals surface area contributed by atoms with Crippen LogP contribution in [0.5, 0.6) is 0 Å². The van der Waals surface area contributed by atoms with E-state index in [1.807, 2.05) is 20.8 Å². The number of rotatable bonds is 10. The third-order valence-corrected chi connectivity index (χ3v) is 11.6. The van der Waals surface area contributed by atoms with E-state index in [4.69, 9.17) is 16.0 Å². The molecule has 1 atom stereocenters. The third-order valence-electron chi connectivity index (χ3n) is 6.60. The van der Waals surface area contributed by atoms with Crippen LogP contribution < -0.4 is 0 Å². The zero-order valence-electron chi connectivity index (χ0n) is 17.7. The molecule has 1 aliphatic rings. The SMILES string of the molecule is CC[Si](CC)(CC)OC(CCCC1(F)CCCC1)c1c(Cl)cccc1C(F)(F)F. The van der Waals surface area contributed by atoms with Crippen molar-refractivity contribution in [3.63, 3.8) is 0 Å². The van der Waals surface area contributed by atoms with Crippen molar-refractivity contribution in [3.05, 3.63) is 34.3 Å². The monoisotopic (exact) mass is 452 g/mol. The average molecular weight is 453 g/mol. The summed E-state index contributed by atoms with van der Waals surface area (Å²) in [5.41, 5.74) is -1.89. The summed E-state index contributed by atoms with van der Waals surface area (Å²) in [7, 11) is -2.19. The lowest BCUT2D eigenvalue weighted by molar-refractivity contribution is -0.139. The van der Waals surface area contributed by atoms with Gasteiger partial charge in [0.15, 0.2) is 8.32 Å². The van der Waals surface area contributed by atoms with E-state index < -0.39 is 31.8 Å². The molecule has 1 fully saturated rings. The van der Waals surface area contributed by atoms with Gasteiger partial charge in [0.2, 0.25) is 0 Å². The van der Waals surface area contributed by atoms with Crippen LogP contribution in [0.4, 0.5) is 17.6 Å². The van der Waals surface area contributed by atoms with Gasteiger partial charge >= 0.3 is 6.18 Å². The molecule has 0 saturated heterocycles. The molecule has 0 N–H and O–H groups in total. The molecule has 1 unspecified atom stereocenters. The highest BCUT2D eigenvalue weighted by molar-refractivity contribution is 6.73. The fourth-order valence-corrected chi connectivity index (χ4v) is 7.67. The fourth-order valence-electron chi connectivity index (χ4n) is 4.54.